The molecule has 0 rings (SSSR count). The summed E-state index contributed by atoms with van der Waals surface area (Å²) >= 11 is 0. The van der Waals surface area contributed by atoms with E-state index < -0.39 is 10.4 Å². The maximum Gasteiger partial charge on any atom is 1.00 e. The van der Waals surface area contributed by atoms with E-state index in [1.54, 1.807) is 0 Å². The van der Waals surface area contributed by atoms with Gasteiger partial charge in [0.05, 0.1) is 0 Å². The molecule has 0 saturated heterocycles. The van der Waals surface area contributed by atoms with E-state index in [-0.39, 0.29) is 59.1 Å². The van der Waals surface area contributed by atoms with Gasteiger partial charge in [-0.2, -0.15) is 0 Å². The van der Waals surface area contributed by atoms with Gasteiger partial charge in [0.15, 0.2) is 0 Å². The van der Waals surface area contributed by atoms with Crippen LogP contribution in [0.15, 0.2) is 0 Å². The van der Waals surface area contributed by atoms with Crippen LogP contribution in [0.4, 0.5) is 0 Å². The van der Waals surface area contributed by atoms with Crippen molar-refractivity contribution in [3.8, 4) is 0 Å². The quantitative estimate of drug-likeness (QED) is 0.162. The first-order valence-electron chi connectivity index (χ1n) is 1.48. The van der Waals surface area contributed by atoms with Gasteiger partial charge in [0.25, 0.3) is 0 Å². The number of rotatable bonds is 0. The fourth-order valence-corrected chi connectivity index (χ4v) is 0. The summed E-state index contributed by atoms with van der Waals surface area (Å²) in [5, 5.41) is 0. The van der Waals surface area contributed by atoms with Crippen molar-refractivity contribution in [2.45, 2.75) is 6.92 Å². The van der Waals surface area contributed by atoms with Crippen LogP contribution in [0.1, 0.15) is 6.92 Å². The van der Waals surface area contributed by atoms with Crippen LogP contribution in [0, 0.1) is 0 Å². The van der Waals surface area contributed by atoms with E-state index in [1.165, 1.54) is 6.92 Å². The van der Waals surface area contributed by atoms with Gasteiger partial charge in [-0.1, -0.05) is 0 Å². The first kappa shape index (κ1) is 22.5. The minimum Gasteiger partial charge on any atom is -0.759 e. The number of carbonyl (C=O) groups excluding carboxylic acids is 1. The van der Waals surface area contributed by atoms with E-state index >= 15 is 0 Å². The van der Waals surface area contributed by atoms with Gasteiger partial charge in [0.2, 0.25) is 0 Å². The number of hydrogen-bond acceptors (Lipinski definition) is 5. The first-order valence-corrected chi connectivity index (χ1v) is 2.81. The Morgan fingerprint density at radius 3 is 1.20 bits per heavy atom. The van der Waals surface area contributed by atoms with Gasteiger partial charge in [0, 0.05) is 10.4 Å². The van der Waals surface area contributed by atoms with Crippen LogP contribution in [-0.4, -0.2) is 23.8 Å². The fraction of sp³-hybridized carbons (Fsp3) is 0.500. The molecule has 0 radical (unpaired) electrons. The number of hydrogen-bond donors (Lipinski definition) is 0. The summed E-state index contributed by atoms with van der Waals surface area (Å²) < 4.78 is 34.1. The van der Waals surface area contributed by atoms with E-state index in [4.69, 9.17) is 22.3 Å². The third-order valence-corrected chi connectivity index (χ3v) is 0. The standard InChI is InChI=1S/C2H4O.2Na.H2O4S/c1-2-3;;;1-5(2,3)4/h2H,1H3;;;(H2,1,2,3,4)/q;2*+1;/p-2. The van der Waals surface area contributed by atoms with Gasteiger partial charge in [-0.05, 0) is 6.92 Å². The molecule has 0 aliphatic rings. The maximum atomic E-state index is 8.81. The second-order valence-electron chi connectivity index (χ2n) is 0.644. The zero-order valence-corrected chi connectivity index (χ0v) is 10.8. The van der Waals surface area contributed by atoms with Crippen LogP contribution < -0.4 is 59.1 Å². The Labute approximate surface area is 104 Å². The minimum absolute atomic E-state index is 0. The Morgan fingerprint density at radius 2 is 1.20 bits per heavy atom. The molecule has 0 saturated carbocycles. The van der Waals surface area contributed by atoms with Crippen molar-refractivity contribution in [2.24, 2.45) is 0 Å². The topological polar surface area (TPSA) is 97.3 Å². The van der Waals surface area contributed by atoms with Crippen molar-refractivity contribution in [1.29, 1.82) is 0 Å². The summed E-state index contributed by atoms with van der Waals surface area (Å²) in [6.45, 7) is 1.44. The molecule has 0 aliphatic heterocycles. The summed E-state index contributed by atoms with van der Waals surface area (Å²) in [5.74, 6) is 0. The van der Waals surface area contributed by atoms with Crippen molar-refractivity contribution in [2.75, 3.05) is 0 Å². The fourth-order valence-electron chi connectivity index (χ4n) is 0. The van der Waals surface area contributed by atoms with Crippen LogP contribution in [-0.2, 0) is 15.2 Å². The zero-order valence-electron chi connectivity index (χ0n) is 6.03. The predicted molar refractivity (Wildman–Crippen MR) is 22.2 cm³/mol. The normalized spacial score (nSPS) is 7.10. The summed E-state index contributed by atoms with van der Waals surface area (Å²) in [6, 6.07) is 0. The van der Waals surface area contributed by atoms with Crippen molar-refractivity contribution in [3.05, 3.63) is 0 Å². The van der Waals surface area contributed by atoms with Gasteiger partial charge in [0.1, 0.15) is 6.29 Å². The van der Waals surface area contributed by atoms with Gasteiger partial charge < -0.3 is 13.9 Å². The predicted octanol–water partition coefficient (Wildman–Crippen LogP) is -7.12. The van der Waals surface area contributed by atoms with Crippen LogP contribution in [0.2, 0.25) is 0 Å². The third-order valence-electron chi connectivity index (χ3n) is 0. The molecule has 5 nitrogen and oxygen atoms in total. The molecule has 0 unspecified atom stereocenters. The average Bonchev–Trinajstić information content (AvgIpc) is 1.27. The van der Waals surface area contributed by atoms with Gasteiger partial charge in [-0.3, -0.25) is 8.42 Å². The zero-order chi connectivity index (χ0) is 7.21. The summed E-state index contributed by atoms with van der Waals surface area (Å²) in [6.07, 6.45) is 0.750. The first-order chi connectivity index (χ1) is 3.41. The monoisotopic (exact) mass is 186 g/mol. The van der Waals surface area contributed by atoms with Crippen molar-refractivity contribution >= 4 is 16.7 Å². The second kappa shape index (κ2) is 13.2. The Balaban J connectivity index is -0.0000000326. The molecule has 0 bridgehead atoms. The molecule has 10 heavy (non-hydrogen) atoms. The summed E-state index contributed by atoms with van der Waals surface area (Å²) in [5.41, 5.74) is 0. The maximum absolute atomic E-state index is 8.81. The molecule has 0 N–H and O–H groups in total. The largest absolute Gasteiger partial charge is 1.00 e. The summed E-state index contributed by atoms with van der Waals surface area (Å²) in [7, 11) is -5.17. The van der Waals surface area contributed by atoms with E-state index in [9.17, 15) is 0 Å². The van der Waals surface area contributed by atoms with Crippen molar-refractivity contribution in [1.82, 2.24) is 0 Å². The van der Waals surface area contributed by atoms with E-state index in [0.29, 0.717) is 0 Å². The van der Waals surface area contributed by atoms with E-state index in [2.05, 4.69) is 0 Å². The van der Waals surface area contributed by atoms with Crippen LogP contribution in [0.3, 0.4) is 0 Å². The molecule has 0 aliphatic carbocycles. The van der Waals surface area contributed by atoms with E-state index in [0.717, 1.165) is 6.29 Å². The molecule has 0 fully saturated rings. The van der Waals surface area contributed by atoms with Crippen LogP contribution in [0.25, 0.3) is 0 Å². The minimum atomic E-state index is -5.17. The molecule has 0 aromatic carbocycles. The molecular formula is C2H4Na2O5S. The van der Waals surface area contributed by atoms with Crippen molar-refractivity contribution in [3.63, 3.8) is 0 Å². The molecular weight excluding hydrogens is 182 g/mol. The van der Waals surface area contributed by atoms with Gasteiger partial charge >= 0.3 is 59.1 Å². The average molecular weight is 186 g/mol. The molecule has 0 atom stereocenters. The van der Waals surface area contributed by atoms with Gasteiger partial charge in [-0.25, -0.2) is 0 Å². The number of aldehydes is 1. The number of carbonyl (C=O) groups is 1. The molecule has 0 amide bonds. The van der Waals surface area contributed by atoms with Crippen LogP contribution in [0.5, 0.6) is 0 Å². The van der Waals surface area contributed by atoms with Gasteiger partial charge in [-0.15, -0.1) is 0 Å². The second-order valence-corrected chi connectivity index (χ2v) is 1.46. The molecule has 0 aromatic heterocycles. The molecule has 8 heteroatoms. The Morgan fingerprint density at radius 1 is 1.20 bits per heavy atom. The smallest absolute Gasteiger partial charge is 0.759 e. The SMILES string of the molecule is CC=O.O=S(=O)([O-])[O-].[Na+].[Na+]. The molecule has 0 heterocycles. The summed E-state index contributed by atoms with van der Waals surface area (Å²) in [4.78, 5) is 8.81. The Bertz CT molecular complexity index is 132. The van der Waals surface area contributed by atoms with Crippen LogP contribution >= 0.6 is 0 Å². The molecule has 50 valence electrons. The van der Waals surface area contributed by atoms with E-state index in [1.807, 2.05) is 0 Å². The van der Waals surface area contributed by atoms with Crippen molar-refractivity contribution < 1.29 is 81.4 Å². The third kappa shape index (κ3) is 293. The Kier molecular flexibility index (Phi) is 29.7. The Hall–Kier alpha value is 1.54. The molecule has 0 spiro atoms. The molecule has 0 aromatic rings.